The van der Waals surface area contributed by atoms with Crippen molar-refractivity contribution in [1.29, 1.82) is 0 Å². The van der Waals surface area contributed by atoms with Gasteiger partial charge in [-0.2, -0.15) is 5.10 Å². The zero-order valence-corrected chi connectivity index (χ0v) is 10.0. The fourth-order valence-corrected chi connectivity index (χ4v) is 2.06. The molecule has 0 aliphatic carbocycles. The first kappa shape index (κ1) is 10.2. The Morgan fingerprint density at radius 3 is 2.80 bits per heavy atom. The van der Waals surface area contributed by atoms with Gasteiger partial charge in [-0.3, -0.25) is 4.68 Å². The molecule has 0 radical (unpaired) electrons. The van der Waals surface area contributed by atoms with Gasteiger partial charge >= 0.3 is 0 Å². The van der Waals surface area contributed by atoms with Gasteiger partial charge in [-0.05, 0) is 36.8 Å². The summed E-state index contributed by atoms with van der Waals surface area (Å²) >= 11 is 3.42. The smallest absolute Gasteiger partial charge is 0.0660 e. The maximum absolute atomic E-state index is 5.76. The second kappa shape index (κ2) is 4.06. The maximum atomic E-state index is 5.76. The highest BCUT2D eigenvalue weighted by Crippen LogP contribution is 2.17. The van der Waals surface area contributed by atoms with Gasteiger partial charge in [-0.15, -0.1) is 0 Å². The molecular formula is C11H12BrN3. The van der Waals surface area contributed by atoms with Gasteiger partial charge in [0.15, 0.2) is 0 Å². The van der Waals surface area contributed by atoms with Gasteiger partial charge in [0.25, 0.3) is 0 Å². The number of anilines is 1. The number of hydrogen-bond acceptors (Lipinski definition) is 2. The first-order chi connectivity index (χ1) is 7.13. The molecule has 3 nitrogen and oxygen atoms in total. The van der Waals surface area contributed by atoms with E-state index in [-0.39, 0.29) is 0 Å². The Morgan fingerprint density at radius 2 is 2.20 bits per heavy atom. The third kappa shape index (κ3) is 2.59. The lowest BCUT2D eigenvalue weighted by Crippen LogP contribution is -2.01. The Morgan fingerprint density at radius 1 is 1.40 bits per heavy atom. The minimum atomic E-state index is 0.747. The van der Waals surface area contributed by atoms with Crippen molar-refractivity contribution in [3.05, 3.63) is 46.2 Å². The van der Waals surface area contributed by atoms with Crippen LogP contribution in [-0.4, -0.2) is 9.78 Å². The Hall–Kier alpha value is -1.29. The lowest BCUT2D eigenvalue weighted by Gasteiger charge is -2.04. The van der Waals surface area contributed by atoms with E-state index in [9.17, 15) is 0 Å². The van der Waals surface area contributed by atoms with Crippen LogP contribution in [0.3, 0.4) is 0 Å². The number of hydrogen-bond donors (Lipinski definition) is 1. The second-order valence-electron chi connectivity index (χ2n) is 3.55. The molecule has 0 amide bonds. The van der Waals surface area contributed by atoms with Crippen molar-refractivity contribution in [2.24, 2.45) is 0 Å². The molecule has 0 saturated heterocycles. The molecule has 0 unspecified atom stereocenters. The van der Waals surface area contributed by atoms with Crippen LogP contribution in [0.15, 0.2) is 34.9 Å². The number of rotatable bonds is 2. The van der Waals surface area contributed by atoms with Gasteiger partial charge in [-0.25, -0.2) is 0 Å². The third-order valence-electron chi connectivity index (χ3n) is 2.10. The van der Waals surface area contributed by atoms with Gasteiger partial charge in [0.05, 0.1) is 12.2 Å². The molecule has 0 aliphatic heterocycles. The molecule has 0 spiro atoms. The zero-order valence-electron chi connectivity index (χ0n) is 8.44. The first-order valence-electron chi connectivity index (χ1n) is 4.68. The minimum Gasteiger partial charge on any atom is -0.399 e. The molecule has 1 aromatic heterocycles. The largest absolute Gasteiger partial charge is 0.399 e. The van der Waals surface area contributed by atoms with Crippen LogP contribution in [0.4, 0.5) is 5.69 Å². The minimum absolute atomic E-state index is 0.747. The Kier molecular flexibility index (Phi) is 2.77. The van der Waals surface area contributed by atoms with Gasteiger partial charge in [0.2, 0.25) is 0 Å². The maximum Gasteiger partial charge on any atom is 0.0660 e. The molecular weight excluding hydrogens is 254 g/mol. The summed E-state index contributed by atoms with van der Waals surface area (Å²) in [5, 5.41) is 4.33. The predicted molar refractivity (Wildman–Crippen MR) is 64.6 cm³/mol. The Bertz CT molecular complexity index is 456. The normalized spacial score (nSPS) is 10.5. The molecule has 15 heavy (non-hydrogen) atoms. The number of aryl methyl sites for hydroxylation is 1. The van der Waals surface area contributed by atoms with Crippen LogP contribution in [0.5, 0.6) is 0 Å². The number of aromatic nitrogens is 2. The predicted octanol–water partition coefficient (Wildman–Crippen LogP) is 2.58. The van der Waals surface area contributed by atoms with E-state index >= 15 is 0 Å². The van der Waals surface area contributed by atoms with Crippen molar-refractivity contribution in [1.82, 2.24) is 9.78 Å². The lowest BCUT2D eigenvalue weighted by atomic mass is 10.2. The third-order valence-corrected chi connectivity index (χ3v) is 2.56. The van der Waals surface area contributed by atoms with Gasteiger partial charge in [0.1, 0.15) is 0 Å². The second-order valence-corrected chi connectivity index (χ2v) is 4.46. The molecule has 0 fully saturated rings. The molecule has 0 aliphatic rings. The molecule has 4 heteroatoms. The van der Waals surface area contributed by atoms with Crippen LogP contribution in [0, 0.1) is 6.92 Å². The van der Waals surface area contributed by atoms with Crippen LogP contribution >= 0.6 is 15.9 Å². The van der Waals surface area contributed by atoms with E-state index < -0.39 is 0 Å². The lowest BCUT2D eigenvalue weighted by molar-refractivity contribution is 0.679. The average Bonchev–Trinajstić information content (AvgIpc) is 2.49. The van der Waals surface area contributed by atoms with Crippen LogP contribution in [-0.2, 0) is 6.54 Å². The highest BCUT2D eigenvalue weighted by molar-refractivity contribution is 9.10. The van der Waals surface area contributed by atoms with Gasteiger partial charge in [0, 0.05) is 16.4 Å². The average molecular weight is 266 g/mol. The fraction of sp³-hybridized carbons (Fsp3) is 0.182. The number of nitrogens with two attached hydrogens (primary N) is 1. The fourth-order valence-electron chi connectivity index (χ4n) is 1.50. The van der Waals surface area contributed by atoms with Crippen molar-refractivity contribution < 1.29 is 0 Å². The van der Waals surface area contributed by atoms with Crippen LogP contribution < -0.4 is 5.73 Å². The van der Waals surface area contributed by atoms with Gasteiger partial charge < -0.3 is 5.73 Å². The highest BCUT2D eigenvalue weighted by atomic mass is 79.9. The molecule has 0 atom stereocenters. The summed E-state index contributed by atoms with van der Waals surface area (Å²) in [5.41, 5.74) is 8.69. The van der Waals surface area contributed by atoms with Crippen LogP contribution in [0.1, 0.15) is 11.3 Å². The van der Waals surface area contributed by atoms with Crippen molar-refractivity contribution in [2.45, 2.75) is 13.5 Å². The van der Waals surface area contributed by atoms with Crippen molar-refractivity contribution in [3.63, 3.8) is 0 Å². The summed E-state index contributed by atoms with van der Waals surface area (Å²) in [6.45, 7) is 2.73. The van der Waals surface area contributed by atoms with Crippen LogP contribution in [0.2, 0.25) is 0 Å². The first-order valence-corrected chi connectivity index (χ1v) is 5.48. The summed E-state index contributed by atoms with van der Waals surface area (Å²) in [7, 11) is 0. The molecule has 1 aromatic carbocycles. The number of benzene rings is 1. The monoisotopic (exact) mass is 265 g/mol. The van der Waals surface area contributed by atoms with E-state index in [0.29, 0.717) is 0 Å². The van der Waals surface area contributed by atoms with E-state index in [0.717, 1.165) is 28.0 Å². The number of nitrogen functional groups attached to an aromatic ring is 1. The molecule has 2 rings (SSSR count). The van der Waals surface area contributed by atoms with E-state index in [1.807, 2.05) is 42.1 Å². The molecule has 2 N–H and O–H groups in total. The van der Waals surface area contributed by atoms with Crippen molar-refractivity contribution in [2.75, 3.05) is 5.73 Å². The molecule has 78 valence electrons. The molecule has 1 heterocycles. The van der Waals surface area contributed by atoms with E-state index in [2.05, 4.69) is 21.0 Å². The standard InChI is InChI=1S/C11H12BrN3/c1-8-2-3-15(14-8)7-9-4-10(12)6-11(13)5-9/h2-6H,7,13H2,1H3. The summed E-state index contributed by atoms with van der Waals surface area (Å²) in [5.74, 6) is 0. The van der Waals surface area contributed by atoms with E-state index in [1.165, 1.54) is 0 Å². The molecule has 2 aromatic rings. The topological polar surface area (TPSA) is 43.8 Å². The summed E-state index contributed by atoms with van der Waals surface area (Å²) in [4.78, 5) is 0. The Labute approximate surface area is 97.0 Å². The zero-order chi connectivity index (χ0) is 10.8. The van der Waals surface area contributed by atoms with E-state index in [1.54, 1.807) is 0 Å². The summed E-state index contributed by atoms with van der Waals surface area (Å²) < 4.78 is 2.90. The van der Waals surface area contributed by atoms with Crippen molar-refractivity contribution in [3.8, 4) is 0 Å². The quantitative estimate of drug-likeness (QED) is 0.849. The number of halogens is 1. The number of nitrogens with zero attached hydrogens (tertiary/aromatic N) is 2. The summed E-state index contributed by atoms with van der Waals surface area (Å²) in [6.07, 6.45) is 1.96. The SMILES string of the molecule is Cc1ccn(Cc2cc(N)cc(Br)c2)n1. The molecule has 0 bridgehead atoms. The van der Waals surface area contributed by atoms with Crippen molar-refractivity contribution >= 4 is 21.6 Å². The Balaban J connectivity index is 2.24. The molecule has 0 saturated carbocycles. The summed E-state index contributed by atoms with van der Waals surface area (Å²) in [6, 6.07) is 7.88. The highest BCUT2D eigenvalue weighted by Gasteiger charge is 1.99. The van der Waals surface area contributed by atoms with Crippen LogP contribution in [0.25, 0.3) is 0 Å². The van der Waals surface area contributed by atoms with E-state index in [4.69, 9.17) is 5.73 Å². The van der Waals surface area contributed by atoms with Gasteiger partial charge in [-0.1, -0.05) is 15.9 Å².